The number of nitrogens with two attached hydrogens (primary N) is 1. The van der Waals surface area contributed by atoms with Crippen LogP contribution in [0.5, 0.6) is 0 Å². The summed E-state index contributed by atoms with van der Waals surface area (Å²) in [7, 11) is 0. The fourth-order valence-electron chi connectivity index (χ4n) is 1.82. The van der Waals surface area contributed by atoms with Crippen LogP contribution in [0, 0.1) is 0 Å². The van der Waals surface area contributed by atoms with Crippen LogP contribution in [0.3, 0.4) is 0 Å². The van der Waals surface area contributed by atoms with Crippen LogP contribution in [-0.2, 0) is 6.54 Å². The molecule has 0 aliphatic heterocycles. The highest BCUT2D eigenvalue weighted by Gasteiger charge is 2.14. The molecule has 0 aromatic carbocycles. The summed E-state index contributed by atoms with van der Waals surface area (Å²) in [5, 5.41) is 6.38. The molecule has 17 heavy (non-hydrogen) atoms. The third-order valence-electron chi connectivity index (χ3n) is 2.80. The van der Waals surface area contributed by atoms with Gasteiger partial charge in [-0.1, -0.05) is 0 Å². The molecule has 2 N–H and O–H groups in total. The van der Waals surface area contributed by atoms with E-state index < -0.39 is 0 Å². The lowest BCUT2D eigenvalue weighted by Crippen LogP contribution is -2.09. The van der Waals surface area contributed by atoms with Gasteiger partial charge in [0.2, 0.25) is 0 Å². The van der Waals surface area contributed by atoms with E-state index in [1.165, 1.54) is 14.3 Å². The largest absolute Gasteiger partial charge is 0.320 e. The molecule has 1 atom stereocenters. The Hall–Kier alpha value is -1.17. The molecule has 3 aromatic rings. The molecule has 0 saturated heterocycles. The van der Waals surface area contributed by atoms with Crippen molar-refractivity contribution >= 4 is 32.1 Å². The van der Waals surface area contributed by atoms with Crippen molar-refractivity contribution in [3.63, 3.8) is 0 Å². The Kier molecular flexibility index (Phi) is 2.74. The van der Waals surface area contributed by atoms with E-state index in [0.717, 1.165) is 12.1 Å². The molecular formula is C12H13N3S2. The second-order valence-corrected chi connectivity index (χ2v) is 5.97. The fraction of sp³-hybridized carbons (Fsp3) is 0.250. The summed E-state index contributed by atoms with van der Waals surface area (Å²) in [5.41, 5.74) is 7.35. The molecule has 0 fully saturated rings. The van der Waals surface area contributed by atoms with Crippen molar-refractivity contribution in [1.29, 1.82) is 0 Å². The van der Waals surface area contributed by atoms with Gasteiger partial charge in [0.1, 0.15) is 0 Å². The van der Waals surface area contributed by atoms with E-state index in [1.54, 1.807) is 22.7 Å². The van der Waals surface area contributed by atoms with E-state index in [0.29, 0.717) is 0 Å². The summed E-state index contributed by atoms with van der Waals surface area (Å²) in [6.07, 6.45) is 3.89. The molecule has 0 radical (unpaired) electrons. The predicted octanol–water partition coefficient (Wildman–Crippen LogP) is 3.23. The molecule has 3 rings (SSSR count). The minimum atomic E-state index is -0.0556. The molecule has 5 heteroatoms. The molecule has 3 aromatic heterocycles. The first-order chi connectivity index (χ1) is 8.28. The highest BCUT2D eigenvalue weighted by Crippen LogP contribution is 2.34. The van der Waals surface area contributed by atoms with E-state index in [4.69, 9.17) is 5.73 Å². The molecule has 3 heterocycles. The van der Waals surface area contributed by atoms with Crippen molar-refractivity contribution in [2.24, 2.45) is 5.73 Å². The van der Waals surface area contributed by atoms with Crippen LogP contribution in [0.1, 0.15) is 23.4 Å². The van der Waals surface area contributed by atoms with Gasteiger partial charge in [-0.2, -0.15) is 5.10 Å². The average molecular weight is 263 g/mol. The number of thiophene rings is 2. The van der Waals surface area contributed by atoms with Gasteiger partial charge in [-0.05, 0) is 24.4 Å². The zero-order valence-corrected chi connectivity index (χ0v) is 11.1. The summed E-state index contributed by atoms with van der Waals surface area (Å²) in [6, 6.07) is 4.29. The van der Waals surface area contributed by atoms with Gasteiger partial charge >= 0.3 is 0 Å². The molecular weight excluding hydrogens is 250 g/mol. The number of aromatic nitrogens is 2. The summed E-state index contributed by atoms with van der Waals surface area (Å²) in [6.45, 7) is 2.95. The number of rotatable bonds is 3. The Morgan fingerprint density at radius 3 is 3.06 bits per heavy atom. The molecule has 1 unspecified atom stereocenters. The van der Waals surface area contributed by atoms with Crippen LogP contribution >= 0.6 is 22.7 Å². The van der Waals surface area contributed by atoms with Crippen LogP contribution in [0.4, 0.5) is 0 Å². The van der Waals surface area contributed by atoms with Crippen LogP contribution in [0.15, 0.2) is 29.9 Å². The van der Waals surface area contributed by atoms with Gasteiger partial charge in [-0.3, -0.25) is 4.68 Å². The number of hydrogen-bond donors (Lipinski definition) is 1. The van der Waals surface area contributed by atoms with Crippen LogP contribution in [0.2, 0.25) is 0 Å². The highest BCUT2D eigenvalue weighted by molar-refractivity contribution is 7.26. The second-order valence-electron chi connectivity index (χ2n) is 3.90. The molecule has 0 aliphatic rings. The maximum Gasteiger partial charge on any atom is 0.0677 e. The number of aryl methyl sites for hydroxylation is 1. The minimum Gasteiger partial charge on any atom is -0.320 e. The zero-order chi connectivity index (χ0) is 11.8. The normalized spacial score (nSPS) is 13.3. The predicted molar refractivity (Wildman–Crippen MR) is 73.6 cm³/mol. The SMILES string of the molecule is CCn1cc(C(N)c2cc3sccc3s2)cn1. The number of fused-ring (bicyclic) bond motifs is 1. The van der Waals surface area contributed by atoms with Gasteiger partial charge in [0, 0.05) is 32.6 Å². The second kappa shape index (κ2) is 4.25. The van der Waals surface area contributed by atoms with E-state index in [1.807, 2.05) is 17.1 Å². The van der Waals surface area contributed by atoms with Crippen LogP contribution in [0.25, 0.3) is 9.40 Å². The lowest BCUT2D eigenvalue weighted by molar-refractivity contribution is 0.658. The lowest BCUT2D eigenvalue weighted by atomic mass is 10.1. The van der Waals surface area contributed by atoms with Crippen molar-refractivity contribution in [2.75, 3.05) is 0 Å². The third-order valence-corrected chi connectivity index (χ3v) is 4.98. The molecule has 88 valence electrons. The Bertz CT molecular complexity index is 606. The van der Waals surface area contributed by atoms with Crippen molar-refractivity contribution in [2.45, 2.75) is 19.5 Å². The quantitative estimate of drug-likeness (QED) is 0.788. The molecule has 0 amide bonds. The molecule has 0 saturated carbocycles. The molecule has 0 aliphatic carbocycles. The van der Waals surface area contributed by atoms with Crippen LogP contribution in [-0.4, -0.2) is 9.78 Å². The van der Waals surface area contributed by atoms with E-state index in [9.17, 15) is 0 Å². The number of nitrogens with zero attached hydrogens (tertiary/aromatic N) is 2. The van der Waals surface area contributed by atoms with E-state index in [-0.39, 0.29) is 6.04 Å². The molecule has 0 spiro atoms. The monoisotopic (exact) mass is 263 g/mol. The summed E-state index contributed by atoms with van der Waals surface area (Å²) >= 11 is 3.54. The van der Waals surface area contributed by atoms with Crippen molar-refractivity contribution in [3.05, 3.63) is 40.3 Å². The van der Waals surface area contributed by atoms with Gasteiger partial charge in [-0.25, -0.2) is 0 Å². The topological polar surface area (TPSA) is 43.8 Å². The Morgan fingerprint density at radius 1 is 1.47 bits per heavy atom. The Labute approximate surface area is 107 Å². The summed E-state index contributed by atoms with van der Waals surface area (Å²) in [4.78, 5) is 1.21. The summed E-state index contributed by atoms with van der Waals surface area (Å²) < 4.78 is 4.55. The number of hydrogen-bond acceptors (Lipinski definition) is 4. The van der Waals surface area contributed by atoms with E-state index >= 15 is 0 Å². The first kappa shape index (κ1) is 11.0. The minimum absolute atomic E-state index is 0.0556. The molecule has 3 nitrogen and oxygen atoms in total. The fourth-order valence-corrected chi connectivity index (χ4v) is 3.96. The van der Waals surface area contributed by atoms with Crippen molar-refractivity contribution in [1.82, 2.24) is 9.78 Å². The lowest BCUT2D eigenvalue weighted by Gasteiger charge is -2.05. The third kappa shape index (κ3) is 1.90. The average Bonchev–Trinajstić information content (AvgIpc) is 3.02. The van der Waals surface area contributed by atoms with Crippen molar-refractivity contribution < 1.29 is 0 Å². The highest BCUT2D eigenvalue weighted by atomic mass is 32.1. The van der Waals surface area contributed by atoms with Gasteiger partial charge in [-0.15, -0.1) is 22.7 Å². The Balaban J connectivity index is 1.95. The van der Waals surface area contributed by atoms with Gasteiger partial charge in [0.15, 0.2) is 0 Å². The van der Waals surface area contributed by atoms with Gasteiger partial charge < -0.3 is 5.73 Å². The standard InChI is InChI=1S/C12H13N3S2/c1-2-15-7-8(6-14-15)12(13)11-5-10-9(17-11)3-4-16-10/h3-7,12H,2,13H2,1H3. The molecule has 0 bridgehead atoms. The zero-order valence-electron chi connectivity index (χ0n) is 9.46. The Morgan fingerprint density at radius 2 is 2.35 bits per heavy atom. The van der Waals surface area contributed by atoms with Gasteiger partial charge in [0.05, 0.1) is 12.2 Å². The van der Waals surface area contributed by atoms with Gasteiger partial charge in [0.25, 0.3) is 0 Å². The summed E-state index contributed by atoms with van der Waals surface area (Å²) in [5.74, 6) is 0. The first-order valence-electron chi connectivity index (χ1n) is 5.53. The van der Waals surface area contributed by atoms with Crippen LogP contribution < -0.4 is 5.73 Å². The maximum atomic E-state index is 6.27. The first-order valence-corrected chi connectivity index (χ1v) is 7.22. The van der Waals surface area contributed by atoms with E-state index in [2.05, 4.69) is 29.5 Å². The smallest absolute Gasteiger partial charge is 0.0677 e. The van der Waals surface area contributed by atoms with Crippen molar-refractivity contribution in [3.8, 4) is 0 Å². The maximum absolute atomic E-state index is 6.27.